The second kappa shape index (κ2) is 2.91. The summed E-state index contributed by atoms with van der Waals surface area (Å²) < 4.78 is 16.4. The Hall–Kier alpha value is -1.72. The van der Waals surface area contributed by atoms with E-state index in [0.29, 0.717) is 0 Å². The van der Waals surface area contributed by atoms with Gasteiger partial charge in [-0.1, -0.05) is 0 Å². The summed E-state index contributed by atoms with van der Waals surface area (Å²) in [4.78, 5) is 16.3. The fourth-order valence-electron chi connectivity index (χ4n) is 0.480. The molecule has 0 aliphatic carbocycles. The maximum Gasteiger partial charge on any atom is 0.411 e. The van der Waals surface area contributed by atoms with Crippen LogP contribution in [0.3, 0.4) is 0 Å². The molecule has 58 valence electrons. The van der Waals surface area contributed by atoms with Crippen LogP contribution in [-0.2, 0) is 0 Å². The summed E-state index contributed by atoms with van der Waals surface area (Å²) in [5, 5.41) is 0. The number of nitrogens with two attached hydrogens (primary N) is 1. The van der Waals surface area contributed by atoms with Gasteiger partial charge < -0.3 is 10.5 Å². The molecule has 1 rings (SSSR count). The topological polar surface area (TPSA) is 78.1 Å². The van der Waals surface area contributed by atoms with Crippen molar-refractivity contribution >= 4 is 6.09 Å². The number of primary amides is 1. The van der Waals surface area contributed by atoms with Gasteiger partial charge in [0, 0.05) is 12.3 Å². The number of hydrogen-bond donors (Lipinski definition) is 1. The minimum Gasteiger partial charge on any atom is -0.391 e. The number of rotatable bonds is 1. The Labute approximate surface area is 61.0 Å². The number of hydrogen-bond acceptors (Lipinski definition) is 4. The van der Waals surface area contributed by atoms with Crippen molar-refractivity contribution in [2.75, 3.05) is 0 Å². The number of ether oxygens (including phenoxy) is 1. The van der Waals surface area contributed by atoms with Crippen molar-refractivity contribution in [3.8, 4) is 5.88 Å². The first kappa shape index (κ1) is 7.39. The fraction of sp³-hybridized carbons (Fsp3) is 0. The van der Waals surface area contributed by atoms with Gasteiger partial charge in [-0.25, -0.2) is 9.78 Å². The van der Waals surface area contributed by atoms with Gasteiger partial charge in [-0.15, -0.1) is 0 Å². The predicted molar refractivity (Wildman–Crippen MR) is 32.2 cm³/mol. The Bertz CT molecular complexity index is 278. The average Bonchev–Trinajstić information content (AvgIpc) is 1.85. The number of aromatic nitrogens is 2. The summed E-state index contributed by atoms with van der Waals surface area (Å²) in [5.74, 6) is -0.204. The van der Waals surface area contributed by atoms with Gasteiger partial charge >= 0.3 is 12.2 Å². The van der Waals surface area contributed by atoms with Crippen LogP contribution >= 0.6 is 0 Å². The van der Waals surface area contributed by atoms with E-state index in [0.717, 1.165) is 6.20 Å². The molecular formula is C5H4FN3O2. The number of halogens is 1. The molecule has 0 aromatic carbocycles. The van der Waals surface area contributed by atoms with Gasteiger partial charge in [0.25, 0.3) is 0 Å². The summed E-state index contributed by atoms with van der Waals surface area (Å²) in [6.45, 7) is 0. The molecule has 1 amide bonds. The Kier molecular flexibility index (Phi) is 1.95. The van der Waals surface area contributed by atoms with Gasteiger partial charge in [0.1, 0.15) is 0 Å². The lowest BCUT2D eigenvalue weighted by Crippen LogP contribution is -2.17. The van der Waals surface area contributed by atoms with Crippen LogP contribution in [-0.4, -0.2) is 16.1 Å². The molecule has 1 aromatic rings. The molecule has 5 nitrogen and oxygen atoms in total. The van der Waals surface area contributed by atoms with E-state index in [-0.39, 0.29) is 5.88 Å². The summed E-state index contributed by atoms with van der Waals surface area (Å²) in [5.41, 5.74) is 4.63. The Balaban J connectivity index is 2.79. The van der Waals surface area contributed by atoms with E-state index in [1.165, 1.54) is 6.07 Å². The molecule has 0 aliphatic rings. The lowest BCUT2D eigenvalue weighted by atomic mass is 10.6. The van der Waals surface area contributed by atoms with Crippen molar-refractivity contribution in [2.24, 2.45) is 5.73 Å². The molecule has 0 radical (unpaired) electrons. The van der Waals surface area contributed by atoms with Crippen molar-refractivity contribution in [3.63, 3.8) is 0 Å². The number of nitrogens with zero attached hydrogens (tertiary/aromatic N) is 2. The Morgan fingerprint density at radius 2 is 2.45 bits per heavy atom. The van der Waals surface area contributed by atoms with E-state index < -0.39 is 12.2 Å². The molecule has 0 aliphatic heterocycles. The lowest BCUT2D eigenvalue weighted by Gasteiger charge is -1.96. The molecule has 0 spiro atoms. The minimum absolute atomic E-state index is 0.204. The maximum absolute atomic E-state index is 12.2. The largest absolute Gasteiger partial charge is 0.411 e. The van der Waals surface area contributed by atoms with Gasteiger partial charge in [-0.05, 0) is 0 Å². The number of carbonyl (C=O) groups excluding carboxylic acids is 1. The summed E-state index contributed by atoms with van der Waals surface area (Å²) in [7, 11) is 0. The average molecular weight is 157 g/mol. The normalized spacial score (nSPS) is 9.18. The van der Waals surface area contributed by atoms with E-state index in [2.05, 4.69) is 20.4 Å². The van der Waals surface area contributed by atoms with Crippen molar-refractivity contribution in [1.82, 2.24) is 9.97 Å². The fourth-order valence-corrected chi connectivity index (χ4v) is 0.480. The standard InChI is InChI=1S/C5H4FN3O2/c6-4-8-2-1-3(9-4)11-5(7)10/h1-2H,(H2,7,10). The number of carbonyl (C=O) groups is 1. The first-order valence-corrected chi connectivity index (χ1v) is 2.64. The SMILES string of the molecule is NC(=O)Oc1ccnc(F)n1. The molecule has 2 N–H and O–H groups in total. The monoisotopic (exact) mass is 157 g/mol. The lowest BCUT2D eigenvalue weighted by molar-refractivity contribution is 0.208. The molecule has 1 aromatic heterocycles. The van der Waals surface area contributed by atoms with Crippen LogP contribution in [0.5, 0.6) is 5.88 Å². The zero-order valence-electron chi connectivity index (χ0n) is 5.32. The first-order chi connectivity index (χ1) is 5.18. The minimum atomic E-state index is -1.04. The van der Waals surface area contributed by atoms with Crippen molar-refractivity contribution in [1.29, 1.82) is 0 Å². The highest BCUT2D eigenvalue weighted by atomic mass is 19.1. The molecule has 11 heavy (non-hydrogen) atoms. The van der Waals surface area contributed by atoms with Gasteiger partial charge in [-0.2, -0.15) is 9.37 Å². The maximum atomic E-state index is 12.2. The highest BCUT2D eigenvalue weighted by Gasteiger charge is 2.00. The third kappa shape index (κ3) is 2.17. The van der Waals surface area contributed by atoms with Gasteiger partial charge in [0.2, 0.25) is 5.88 Å². The van der Waals surface area contributed by atoms with Crippen LogP contribution in [0.2, 0.25) is 0 Å². The molecule has 0 saturated heterocycles. The van der Waals surface area contributed by atoms with Crippen LogP contribution in [0.25, 0.3) is 0 Å². The molecule has 0 atom stereocenters. The highest BCUT2D eigenvalue weighted by Crippen LogP contribution is 2.02. The molecule has 1 heterocycles. The second-order valence-electron chi connectivity index (χ2n) is 1.59. The van der Waals surface area contributed by atoms with E-state index in [1.807, 2.05) is 0 Å². The third-order valence-electron chi connectivity index (χ3n) is 0.806. The van der Waals surface area contributed by atoms with Gasteiger partial charge in [0.15, 0.2) is 0 Å². The quantitative estimate of drug-likeness (QED) is 0.585. The van der Waals surface area contributed by atoms with Crippen LogP contribution < -0.4 is 10.5 Å². The van der Waals surface area contributed by atoms with Gasteiger partial charge in [0.05, 0.1) is 0 Å². The van der Waals surface area contributed by atoms with Crippen molar-refractivity contribution in [2.45, 2.75) is 0 Å². The summed E-state index contributed by atoms with van der Waals surface area (Å²) in [6.07, 6.45) is -0.896. The molecule has 0 fully saturated rings. The second-order valence-corrected chi connectivity index (χ2v) is 1.59. The zero-order valence-corrected chi connectivity index (χ0v) is 5.32. The van der Waals surface area contributed by atoms with Crippen LogP contribution in [0.15, 0.2) is 12.3 Å². The van der Waals surface area contributed by atoms with E-state index in [9.17, 15) is 9.18 Å². The van der Waals surface area contributed by atoms with Crippen LogP contribution in [0, 0.1) is 6.08 Å². The summed E-state index contributed by atoms with van der Waals surface area (Å²) >= 11 is 0. The molecule has 0 saturated carbocycles. The molecule has 6 heteroatoms. The van der Waals surface area contributed by atoms with Crippen molar-refractivity contribution in [3.05, 3.63) is 18.3 Å². The van der Waals surface area contributed by atoms with Crippen LogP contribution in [0.1, 0.15) is 0 Å². The van der Waals surface area contributed by atoms with Crippen molar-refractivity contribution < 1.29 is 13.9 Å². The molecule has 0 unspecified atom stereocenters. The number of amides is 1. The first-order valence-electron chi connectivity index (χ1n) is 2.64. The Morgan fingerprint density at radius 3 is 3.00 bits per heavy atom. The summed E-state index contributed by atoms with van der Waals surface area (Å²) in [6, 6.07) is 1.22. The van der Waals surface area contributed by atoms with Crippen LogP contribution in [0.4, 0.5) is 9.18 Å². The molecule has 0 bridgehead atoms. The predicted octanol–water partition coefficient (Wildman–Crippen LogP) is 0.0732. The molecular weight excluding hydrogens is 153 g/mol. The highest BCUT2D eigenvalue weighted by molar-refractivity contribution is 5.67. The zero-order chi connectivity index (χ0) is 8.27. The van der Waals surface area contributed by atoms with E-state index in [1.54, 1.807) is 0 Å². The smallest absolute Gasteiger partial charge is 0.391 e. The van der Waals surface area contributed by atoms with E-state index in [4.69, 9.17) is 0 Å². The van der Waals surface area contributed by atoms with Gasteiger partial charge in [-0.3, -0.25) is 0 Å². The van der Waals surface area contributed by atoms with E-state index >= 15 is 0 Å². The Morgan fingerprint density at radius 1 is 1.73 bits per heavy atom. The third-order valence-corrected chi connectivity index (χ3v) is 0.806.